The van der Waals surface area contributed by atoms with Crippen molar-refractivity contribution in [2.45, 2.75) is 13.0 Å². The lowest BCUT2D eigenvalue weighted by atomic mass is 9.99. The molecule has 0 spiro atoms. The predicted octanol–water partition coefficient (Wildman–Crippen LogP) is 3.66. The van der Waals surface area contributed by atoms with Crippen molar-refractivity contribution in [3.8, 4) is 0 Å². The van der Waals surface area contributed by atoms with Crippen LogP contribution in [0.15, 0.2) is 39.6 Å². The highest BCUT2D eigenvalue weighted by atomic mass is 79.9. The van der Waals surface area contributed by atoms with Crippen molar-refractivity contribution in [1.82, 2.24) is 9.97 Å². The van der Waals surface area contributed by atoms with E-state index < -0.39 is 6.10 Å². The summed E-state index contributed by atoms with van der Waals surface area (Å²) in [7, 11) is 0. The van der Waals surface area contributed by atoms with Crippen LogP contribution in [0.2, 0.25) is 5.02 Å². The van der Waals surface area contributed by atoms with Gasteiger partial charge in [-0.25, -0.2) is 4.79 Å². The first-order valence-corrected chi connectivity index (χ1v) is 7.49. The maximum absolute atomic E-state index is 11.3. The van der Waals surface area contributed by atoms with Gasteiger partial charge >= 0.3 is 5.69 Å². The number of hydrogen-bond donors (Lipinski definition) is 3. The van der Waals surface area contributed by atoms with Gasteiger partial charge in [-0.1, -0.05) is 45.7 Å². The molecule has 0 aliphatic rings. The summed E-state index contributed by atoms with van der Waals surface area (Å²) in [6.45, 7) is 1.89. The summed E-state index contributed by atoms with van der Waals surface area (Å²) in [6.07, 6.45) is -0.880. The maximum Gasteiger partial charge on any atom is 0.323 e. The fourth-order valence-corrected chi connectivity index (χ4v) is 3.12. The lowest BCUT2D eigenvalue weighted by Gasteiger charge is -2.16. The predicted molar refractivity (Wildman–Crippen MR) is 86.9 cm³/mol. The second-order valence-electron chi connectivity index (χ2n) is 4.88. The van der Waals surface area contributed by atoms with Crippen molar-refractivity contribution in [1.29, 1.82) is 0 Å². The van der Waals surface area contributed by atoms with Crippen molar-refractivity contribution in [2.75, 3.05) is 0 Å². The molecule has 2 aromatic carbocycles. The molecule has 1 atom stereocenters. The van der Waals surface area contributed by atoms with Crippen molar-refractivity contribution in [2.24, 2.45) is 0 Å². The number of nitrogens with one attached hydrogen (secondary N) is 2. The Bertz CT molecular complexity index is 885. The quantitative estimate of drug-likeness (QED) is 0.647. The molecular formula is C15H12BrClN2O2. The largest absolute Gasteiger partial charge is 0.384 e. The fourth-order valence-electron chi connectivity index (χ4n) is 2.33. The first-order chi connectivity index (χ1) is 9.97. The zero-order valence-electron chi connectivity index (χ0n) is 11.1. The van der Waals surface area contributed by atoms with E-state index in [2.05, 4.69) is 25.9 Å². The van der Waals surface area contributed by atoms with Gasteiger partial charge in [0.2, 0.25) is 0 Å². The van der Waals surface area contributed by atoms with Crippen LogP contribution < -0.4 is 5.69 Å². The van der Waals surface area contributed by atoms with Gasteiger partial charge in [0.25, 0.3) is 0 Å². The van der Waals surface area contributed by atoms with Crippen LogP contribution in [0.1, 0.15) is 22.8 Å². The van der Waals surface area contributed by atoms with E-state index in [-0.39, 0.29) is 5.69 Å². The Morgan fingerprint density at radius 2 is 1.86 bits per heavy atom. The zero-order valence-corrected chi connectivity index (χ0v) is 13.4. The standard InChI is InChI=1S/C15H12BrClN2O2/c1-7-3-2-4-8(13(7)17)14(20)9-5-11-12(6-10(9)16)19-15(21)18-11/h2-6,14,20H,1H3,(H2,18,19,21). The normalized spacial score (nSPS) is 12.8. The molecule has 4 nitrogen and oxygen atoms in total. The van der Waals surface area contributed by atoms with Crippen molar-refractivity contribution in [3.05, 3.63) is 67.0 Å². The average Bonchev–Trinajstić information content (AvgIpc) is 2.79. The number of aromatic amines is 2. The van der Waals surface area contributed by atoms with Crippen LogP contribution in [0.25, 0.3) is 11.0 Å². The number of rotatable bonds is 2. The molecule has 0 saturated carbocycles. The summed E-state index contributed by atoms with van der Waals surface area (Å²) in [6, 6.07) is 9.03. The van der Waals surface area contributed by atoms with E-state index in [0.29, 0.717) is 31.7 Å². The first-order valence-electron chi connectivity index (χ1n) is 6.32. The Balaban J connectivity index is 2.16. The molecule has 0 saturated heterocycles. The minimum atomic E-state index is -0.880. The molecular weight excluding hydrogens is 356 g/mol. The van der Waals surface area contributed by atoms with Gasteiger partial charge in [0.15, 0.2) is 0 Å². The lowest BCUT2D eigenvalue weighted by molar-refractivity contribution is 0.219. The van der Waals surface area contributed by atoms with Gasteiger partial charge < -0.3 is 15.1 Å². The van der Waals surface area contributed by atoms with Crippen LogP contribution in [-0.2, 0) is 0 Å². The monoisotopic (exact) mass is 366 g/mol. The van der Waals surface area contributed by atoms with Gasteiger partial charge in [0, 0.05) is 20.6 Å². The van der Waals surface area contributed by atoms with Crippen LogP contribution >= 0.6 is 27.5 Å². The number of aliphatic hydroxyl groups is 1. The minimum Gasteiger partial charge on any atom is -0.384 e. The van der Waals surface area contributed by atoms with Crippen molar-refractivity contribution in [3.63, 3.8) is 0 Å². The molecule has 0 bridgehead atoms. The van der Waals surface area contributed by atoms with E-state index in [1.54, 1.807) is 18.2 Å². The molecule has 0 radical (unpaired) electrons. The number of benzene rings is 2. The summed E-state index contributed by atoms with van der Waals surface area (Å²) < 4.78 is 0.704. The Hall–Kier alpha value is -1.56. The third-order valence-corrected chi connectivity index (χ3v) is 4.65. The van der Waals surface area contributed by atoms with Gasteiger partial charge in [0.05, 0.1) is 11.0 Å². The summed E-state index contributed by atoms with van der Waals surface area (Å²) in [5.74, 6) is 0. The van der Waals surface area contributed by atoms with Crippen LogP contribution in [0, 0.1) is 6.92 Å². The molecule has 3 rings (SSSR count). The van der Waals surface area contributed by atoms with E-state index in [4.69, 9.17) is 11.6 Å². The van der Waals surface area contributed by atoms with E-state index in [1.165, 1.54) is 0 Å². The Kier molecular flexibility index (Phi) is 3.65. The summed E-state index contributed by atoms with van der Waals surface area (Å²) in [5, 5.41) is 11.2. The Morgan fingerprint density at radius 1 is 1.19 bits per heavy atom. The fraction of sp³-hybridized carbons (Fsp3) is 0.133. The van der Waals surface area contributed by atoms with Gasteiger partial charge in [-0.15, -0.1) is 0 Å². The molecule has 3 N–H and O–H groups in total. The number of aromatic nitrogens is 2. The average molecular weight is 368 g/mol. The number of imidazole rings is 1. The van der Waals surface area contributed by atoms with Gasteiger partial charge in [-0.3, -0.25) is 0 Å². The van der Waals surface area contributed by atoms with Crippen LogP contribution in [0.4, 0.5) is 0 Å². The maximum atomic E-state index is 11.3. The molecule has 1 aromatic heterocycles. The molecule has 0 aliphatic carbocycles. The van der Waals surface area contributed by atoms with Crippen molar-refractivity contribution >= 4 is 38.6 Å². The summed E-state index contributed by atoms with van der Waals surface area (Å²) in [4.78, 5) is 16.7. The number of fused-ring (bicyclic) bond motifs is 1. The van der Waals surface area contributed by atoms with E-state index >= 15 is 0 Å². The molecule has 0 fully saturated rings. The molecule has 108 valence electrons. The molecule has 0 amide bonds. The summed E-state index contributed by atoms with van der Waals surface area (Å²) >= 11 is 9.70. The van der Waals surface area contributed by atoms with E-state index in [0.717, 1.165) is 5.56 Å². The summed E-state index contributed by atoms with van der Waals surface area (Å²) in [5.41, 5.74) is 3.22. The Labute approximate surface area is 133 Å². The smallest absolute Gasteiger partial charge is 0.323 e. The zero-order chi connectivity index (χ0) is 15.1. The third kappa shape index (κ3) is 2.52. The third-order valence-electron chi connectivity index (χ3n) is 3.44. The molecule has 0 aliphatic heterocycles. The van der Waals surface area contributed by atoms with Gasteiger partial charge in [-0.2, -0.15) is 0 Å². The van der Waals surface area contributed by atoms with Crippen LogP contribution in [0.5, 0.6) is 0 Å². The van der Waals surface area contributed by atoms with E-state index in [9.17, 15) is 9.90 Å². The molecule has 21 heavy (non-hydrogen) atoms. The number of aryl methyl sites for hydroxylation is 1. The number of halogens is 2. The second-order valence-corrected chi connectivity index (χ2v) is 6.11. The molecule has 6 heteroatoms. The molecule has 1 heterocycles. The highest BCUT2D eigenvalue weighted by Crippen LogP contribution is 2.35. The number of aliphatic hydroxyl groups excluding tert-OH is 1. The lowest BCUT2D eigenvalue weighted by Crippen LogP contribution is -2.02. The SMILES string of the molecule is Cc1cccc(C(O)c2cc3[nH]c(=O)[nH]c3cc2Br)c1Cl. The molecule has 1 unspecified atom stereocenters. The Morgan fingerprint density at radius 3 is 2.57 bits per heavy atom. The second kappa shape index (κ2) is 5.33. The van der Waals surface area contributed by atoms with Crippen LogP contribution in [0.3, 0.4) is 0 Å². The number of H-pyrrole nitrogens is 2. The van der Waals surface area contributed by atoms with Crippen LogP contribution in [-0.4, -0.2) is 15.1 Å². The van der Waals surface area contributed by atoms with Gasteiger partial charge in [0.1, 0.15) is 6.10 Å². The van der Waals surface area contributed by atoms with E-state index in [1.807, 2.05) is 19.1 Å². The minimum absolute atomic E-state index is 0.280. The highest BCUT2D eigenvalue weighted by molar-refractivity contribution is 9.10. The van der Waals surface area contributed by atoms with Crippen molar-refractivity contribution < 1.29 is 5.11 Å². The number of hydrogen-bond acceptors (Lipinski definition) is 2. The molecule has 3 aromatic rings. The van der Waals surface area contributed by atoms with Gasteiger partial charge in [-0.05, 0) is 24.6 Å². The first kappa shape index (κ1) is 14.4. The highest BCUT2D eigenvalue weighted by Gasteiger charge is 2.18. The topological polar surface area (TPSA) is 68.9 Å².